The molecule has 0 aliphatic carbocycles. The van der Waals surface area contributed by atoms with Crippen molar-refractivity contribution in [2.75, 3.05) is 26.1 Å². The highest BCUT2D eigenvalue weighted by Gasteiger charge is 2.20. The molecule has 0 radical (unpaired) electrons. The largest absolute Gasteiger partial charge is 0.496 e. The summed E-state index contributed by atoms with van der Waals surface area (Å²) in [6.07, 6.45) is 4.06. The number of benzene rings is 1. The fraction of sp³-hybridized carbons (Fsp3) is 0.200. The van der Waals surface area contributed by atoms with Gasteiger partial charge < -0.3 is 14.2 Å². The number of fused-ring (bicyclic) bond motifs is 1. The minimum atomic E-state index is -3.98. The second kappa shape index (κ2) is 9.56. The Bertz CT molecular complexity index is 1580. The molecule has 0 spiro atoms. The molecule has 4 rings (SSSR count). The first kappa shape index (κ1) is 24.5. The lowest BCUT2D eigenvalue weighted by molar-refractivity contribution is 0.374. The van der Waals surface area contributed by atoms with Crippen LogP contribution in [-0.4, -0.2) is 54.1 Å². The van der Waals surface area contributed by atoms with Gasteiger partial charge in [0, 0.05) is 19.2 Å². The zero-order chi connectivity index (χ0) is 25.3. The Hall–Kier alpha value is -3.62. The highest BCUT2D eigenvalue weighted by atomic mass is 35.5. The van der Waals surface area contributed by atoms with Crippen molar-refractivity contribution in [2.24, 2.45) is 7.05 Å². The van der Waals surface area contributed by atoms with Crippen molar-refractivity contribution in [2.45, 2.75) is 0 Å². The van der Waals surface area contributed by atoms with Gasteiger partial charge in [-0.1, -0.05) is 11.3 Å². The first-order valence-electron chi connectivity index (χ1n) is 9.75. The van der Waals surface area contributed by atoms with Crippen molar-refractivity contribution in [3.05, 3.63) is 50.3 Å². The Labute approximate surface area is 208 Å². The van der Waals surface area contributed by atoms with Crippen LogP contribution in [0.25, 0.3) is 22.3 Å². The van der Waals surface area contributed by atoms with E-state index in [4.69, 9.17) is 25.8 Å². The number of rotatable bonds is 8. The van der Waals surface area contributed by atoms with Gasteiger partial charge in [-0.05, 0) is 17.7 Å². The number of nitrogens with zero attached hydrogens (tertiary/aromatic N) is 5. The molecule has 0 saturated heterocycles. The van der Waals surface area contributed by atoms with Gasteiger partial charge in [-0.15, -0.1) is 10.2 Å². The smallest absolute Gasteiger partial charge is 0.279 e. The predicted octanol–water partition coefficient (Wildman–Crippen LogP) is 2.64. The summed E-state index contributed by atoms with van der Waals surface area (Å²) in [5.74, 6) is 1.22. The van der Waals surface area contributed by atoms with Crippen molar-refractivity contribution in [1.82, 2.24) is 24.4 Å². The summed E-state index contributed by atoms with van der Waals surface area (Å²) < 4.78 is 46.7. The number of hydrogen-bond donors (Lipinski definition) is 1. The second-order valence-corrected chi connectivity index (χ2v) is 10.1. The molecule has 0 bridgehead atoms. The minimum absolute atomic E-state index is 0.128. The van der Waals surface area contributed by atoms with Gasteiger partial charge in [0.05, 0.1) is 50.4 Å². The molecule has 0 unspecified atom stereocenters. The SMILES string of the molecule is COc1cc(OC)c(C=CS(=O)(=O)Nc2cnc3c(-c4nnc(Cl)s4)c(=O)n(C)n3c2)c(OC)c1. The van der Waals surface area contributed by atoms with E-state index in [1.807, 2.05) is 0 Å². The fourth-order valence-electron chi connectivity index (χ4n) is 3.28. The molecular weight excluding hydrogens is 520 g/mol. The molecule has 0 aliphatic rings. The van der Waals surface area contributed by atoms with Gasteiger partial charge in [0.25, 0.3) is 15.6 Å². The summed E-state index contributed by atoms with van der Waals surface area (Å²) in [6.45, 7) is 0. The predicted molar refractivity (Wildman–Crippen MR) is 132 cm³/mol. The van der Waals surface area contributed by atoms with Crippen molar-refractivity contribution >= 4 is 50.4 Å². The van der Waals surface area contributed by atoms with Gasteiger partial charge in [0.1, 0.15) is 22.8 Å². The summed E-state index contributed by atoms with van der Waals surface area (Å²) in [5, 5.41) is 8.90. The third-order valence-electron chi connectivity index (χ3n) is 4.90. The molecule has 0 amide bonds. The maximum Gasteiger partial charge on any atom is 0.279 e. The molecule has 3 aromatic heterocycles. The van der Waals surface area contributed by atoms with Crippen LogP contribution in [0.1, 0.15) is 5.56 Å². The molecule has 0 saturated carbocycles. The Balaban J connectivity index is 1.67. The van der Waals surface area contributed by atoms with Gasteiger partial charge in [0.2, 0.25) is 4.47 Å². The summed E-state index contributed by atoms with van der Waals surface area (Å²) in [6, 6.07) is 3.21. The van der Waals surface area contributed by atoms with Gasteiger partial charge in [-0.2, -0.15) is 0 Å². The van der Waals surface area contributed by atoms with Crippen molar-refractivity contribution in [3.63, 3.8) is 0 Å². The number of methoxy groups -OCH3 is 3. The zero-order valence-corrected chi connectivity index (χ0v) is 21.2. The Morgan fingerprint density at radius 2 is 1.80 bits per heavy atom. The summed E-state index contributed by atoms with van der Waals surface area (Å²) >= 11 is 6.89. The summed E-state index contributed by atoms with van der Waals surface area (Å²) in [5.41, 5.74) is 0.636. The van der Waals surface area contributed by atoms with Crippen LogP contribution >= 0.6 is 22.9 Å². The number of anilines is 1. The van der Waals surface area contributed by atoms with Gasteiger partial charge in [0.15, 0.2) is 10.7 Å². The van der Waals surface area contributed by atoms with Crippen LogP contribution < -0.4 is 24.5 Å². The molecule has 12 nitrogen and oxygen atoms in total. The van der Waals surface area contributed by atoms with Gasteiger partial charge >= 0.3 is 0 Å². The summed E-state index contributed by atoms with van der Waals surface area (Å²) in [7, 11) is 1.93. The zero-order valence-electron chi connectivity index (χ0n) is 18.8. The maximum absolute atomic E-state index is 12.8. The first-order chi connectivity index (χ1) is 16.7. The fourth-order valence-corrected chi connectivity index (χ4v) is 4.96. The Morgan fingerprint density at radius 1 is 1.11 bits per heavy atom. The van der Waals surface area contributed by atoms with E-state index in [1.165, 1.54) is 56.0 Å². The van der Waals surface area contributed by atoms with E-state index >= 15 is 0 Å². The van der Waals surface area contributed by atoms with Crippen LogP contribution in [0.5, 0.6) is 17.2 Å². The van der Waals surface area contributed by atoms with Crippen LogP contribution in [0.15, 0.2) is 34.7 Å². The Kier molecular flexibility index (Phi) is 6.69. The number of nitrogens with one attached hydrogen (secondary N) is 1. The number of hydrogen-bond acceptors (Lipinski definition) is 10. The molecule has 15 heteroatoms. The molecular formula is C20H19ClN6O6S2. The second-order valence-electron chi connectivity index (χ2n) is 6.97. The number of ether oxygens (including phenoxy) is 3. The van der Waals surface area contributed by atoms with Crippen molar-refractivity contribution < 1.29 is 22.6 Å². The molecule has 0 atom stereocenters. The average molecular weight is 539 g/mol. The highest BCUT2D eigenvalue weighted by Crippen LogP contribution is 2.35. The molecule has 0 fully saturated rings. The molecule has 184 valence electrons. The van der Waals surface area contributed by atoms with Gasteiger partial charge in [-0.3, -0.25) is 9.52 Å². The molecule has 3 heterocycles. The van der Waals surface area contributed by atoms with Crippen molar-refractivity contribution in [3.8, 4) is 27.8 Å². The van der Waals surface area contributed by atoms with E-state index in [9.17, 15) is 13.2 Å². The van der Waals surface area contributed by atoms with Crippen molar-refractivity contribution in [1.29, 1.82) is 0 Å². The van der Waals surface area contributed by atoms with Crippen LogP contribution in [0.2, 0.25) is 4.47 Å². The van der Waals surface area contributed by atoms with E-state index in [2.05, 4.69) is 19.9 Å². The lowest BCUT2D eigenvalue weighted by Gasteiger charge is -2.12. The quantitative estimate of drug-likeness (QED) is 0.358. The average Bonchev–Trinajstić information content (AvgIpc) is 3.37. The number of halogens is 1. The van der Waals surface area contributed by atoms with E-state index in [1.54, 1.807) is 12.1 Å². The topological polar surface area (TPSA) is 139 Å². The molecule has 1 N–H and O–H groups in total. The number of aromatic nitrogens is 5. The number of sulfonamides is 1. The van der Waals surface area contributed by atoms with E-state index in [0.29, 0.717) is 27.8 Å². The normalized spacial score (nSPS) is 11.8. The standard InChI is InChI=1S/C20H19ClN6O6S2/c1-26-19(28)16(18-23-24-20(21)34-18)17-22-9-11(10-27(17)26)25-35(29,30)6-5-13-14(32-3)7-12(31-2)8-15(13)33-4/h5-10,25H,1-4H3. The molecule has 0 aliphatic heterocycles. The maximum atomic E-state index is 12.8. The Morgan fingerprint density at radius 3 is 2.37 bits per heavy atom. The van der Waals surface area contributed by atoms with Crippen LogP contribution in [-0.2, 0) is 17.1 Å². The third-order valence-corrected chi connectivity index (χ3v) is 6.95. The van der Waals surface area contributed by atoms with Gasteiger partial charge in [-0.25, -0.2) is 22.6 Å². The highest BCUT2D eigenvalue weighted by molar-refractivity contribution is 7.95. The molecule has 35 heavy (non-hydrogen) atoms. The first-order valence-corrected chi connectivity index (χ1v) is 12.5. The van der Waals surface area contributed by atoms with Crippen LogP contribution in [0, 0.1) is 0 Å². The minimum Gasteiger partial charge on any atom is -0.496 e. The van der Waals surface area contributed by atoms with E-state index in [0.717, 1.165) is 16.7 Å². The van der Waals surface area contributed by atoms with Crippen LogP contribution in [0.4, 0.5) is 5.69 Å². The molecule has 4 aromatic rings. The van der Waals surface area contributed by atoms with E-state index in [-0.39, 0.29) is 26.9 Å². The lowest BCUT2D eigenvalue weighted by atomic mass is 10.1. The van der Waals surface area contributed by atoms with Crippen LogP contribution in [0.3, 0.4) is 0 Å². The number of aryl methyl sites for hydroxylation is 1. The third kappa shape index (κ3) is 4.80. The van der Waals surface area contributed by atoms with E-state index < -0.39 is 10.0 Å². The lowest BCUT2D eigenvalue weighted by Crippen LogP contribution is -2.16. The monoisotopic (exact) mass is 538 g/mol. The molecule has 1 aromatic carbocycles. The summed E-state index contributed by atoms with van der Waals surface area (Å²) in [4.78, 5) is 17.0.